The first kappa shape index (κ1) is 41.0. The molecule has 8 heteroatoms. The van der Waals surface area contributed by atoms with Crippen molar-refractivity contribution in [2.75, 3.05) is 6.61 Å². The van der Waals surface area contributed by atoms with Crippen LogP contribution in [0.25, 0.3) is 0 Å². The van der Waals surface area contributed by atoms with E-state index in [4.69, 9.17) is 14.2 Å². The maximum Gasteiger partial charge on any atom is 0.343 e. The highest BCUT2D eigenvalue weighted by atomic mass is 16.6. The smallest absolute Gasteiger partial charge is 0.343 e. The number of unbranched alkanes of at least 4 members (excludes halogenated alkanes) is 5. The van der Waals surface area contributed by atoms with E-state index in [0.717, 1.165) is 5.92 Å². The summed E-state index contributed by atoms with van der Waals surface area (Å²) < 4.78 is 17.1. The van der Waals surface area contributed by atoms with Gasteiger partial charge in [-0.1, -0.05) is 119 Å². The van der Waals surface area contributed by atoms with Gasteiger partial charge in [-0.3, -0.25) is 9.59 Å². The lowest BCUT2D eigenvalue weighted by molar-refractivity contribution is -0.00134. The molecule has 1 unspecified atom stereocenters. The van der Waals surface area contributed by atoms with E-state index >= 15 is 0 Å². The molecule has 8 nitrogen and oxygen atoms in total. The predicted molar refractivity (Wildman–Crippen MR) is 225 cm³/mol. The minimum absolute atomic E-state index is 0.0986. The largest absolute Gasteiger partial charge is 0.458 e. The monoisotopic (exact) mass is 790 g/mol. The second-order valence-corrected chi connectivity index (χ2v) is 15.7. The Kier molecular flexibility index (Phi) is 13.6. The minimum atomic E-state index is -0.846. The molecule has 0 amide bonds. The van der Waals surface area contributed by atoms with Crippen molar-refractivity contribution in [1.29, 1.82) is 0 Å². The fourth-order valence-corrected chi connectivity index (χ4v) is 8.24. The van der Waals surface area contributed by atoms with Crippen LogP contribution in [0.3, 0.4) is 0 Å². The van der Waals surface area contributed by atoms with Gasteiger partial charge in [-0.15, -0.1) is 0 Å². The molecule has 5 aromatic carbocycles. The van der Waals surface area contributed by atoms with Gasteiger partial charge in [0, 0.05) is 22.3 Å². The standard InChI is InChI=1S/C51H50O8/c1-2-3-4-5-6-8-13-34-18-20-35(21-19-34)36-22-24-39(25-23-36)50(55)59-46(37-14-9-7-10-15-37)33-57-49(54)38-26-29-41(30-27-38)58-51(56)40-28-31-44-45(32-40)48(53)43-17-12-11-16-42(43)47(44)52/h7,9-12,14-17,22-32,34-35,46H,2-6,8,13,18-21,33H2,1H3. The lowest BCUT2D eigenvalue weighted by Crippen LogP contribution is -2.22. The van der Waals surface area contributed by atoms with Gasteiger partial charge in [-0.25, -0.2) is 14.4 Å². The summed E-state index contributed by atoms with van der Waals surface area (Å²) in [7, 11) is 0. The fourth-order valence-electron chi connectivity index (χ4n) is 8.24. The van der Waals surface area contributed by atoms with E-state index in [9.17, 15) is 24.0 Å². The van der Waals surface area contributed by atoms with Crippen LogP contribution < -0.4 is 4.74 Å². The molecule has 2 aliphatic rings. The van der Waals surface area contributed by atoms with Gasteiger partial charge >= 0.3 is 17.9 Å². The van der Waals surface area contributed by atoms with Crippen LogP contribution in [0.2, 0.25) is 0 Å². The maximum absolute atomic E-state index is 13.4. The maximum atomic E-state index is 13.4. The number of rotatable bonds is 16. The van der Waals surface area contributed by atoms with E-state index in [-0.39, 0.29) is 51.7 Å². The summed E-state index contributed by atoms with van der Waals surface area (Å²) in [5.74, 6) is -1.01. The van der Waals surface area contributed by atoms with Gasteiger partial charge in [0.05, 0.1) is 16.7 Å². The first-order chi connectivity index (χ1) is 28.8. The van der Waals surface area contributed by atoms with E-state index in [1.807, 2.05) is 54.6 Å². The van der Waals surface area contributed by atoms with Crippen molar-refractivity contribution in [3.63, 3.8) is 0 Å². The molecule has 0 radical (unpaired) electrons. The van der Waals surface area contributed by atoms with Gasteiger partial charge in [0.2, 0.25) is 0 Å². The van der Waals surface area contributed by atoms with E-state index in [2.05, 4.69) is 6.92 Å². The summed E-state index contributed by atoms with van der Waals surface area (Å²) in [5, 5.41) is 0. The average molecular weight is 791 g/mol. The molecule has 1 fully saturated rings. The van der Waals surface area contributed by atoms with Gasteiger partial charge in [0.1, 0.15) is 12.4 Å². The van der Waals surface area contributed by atoms with Crippen molar-refractivity contribution in [1.82, 2.24) is 0 Å². The lowest BCUT2D eigenvalue weighted by Gasteiger charge is -2.29. The van der Waals surface area contributed by atoms with E-state index in [1.54, 1.807) is 24.3 Å². The summed E-state index contributed by atoms with van der Waals surface area (Å²) in [6.07, 6.45) is 13.4. The summed E-state index contributed by atoms with van der Waals surface area (Å²) >= 11 is 0. The third kappa shape index (κ3) is 10.1. The number of fused-ring (bicyclic) bond motifs is 2. The third-order valence-corrected chi connectivity index (χ3v) is 11.7. The van der Waals surface area contributed by atoms with Crippen LogP contribution in [0.5, 0.6) is 5.75 Å². The predicted octanol–water partition coefficient (Wildman–Crippen LogP) is 11.5. The first-order valence-electron chi connectivity index (χ1n) is 21.0. The summed E-state index contributed by atoms with van der Waals surface area (Å²) in [6.45, 7) is 2.05. The number of hydrogen-bond acceptors (Lipinski definition) is 8. The molecule has 0 heterocycles. The molecule has 59 heavy (non-hydrogen) atoms. The Morgan fingerprint density at radius 2 is 1.15 bits per heavy atom. The van der Waals surface area contributed by atoms with Gasteiger partial charge in [0.15, 0.2) is 17.7 Å². The molecule has 5 aromatic rings. The second kappa shape index (κ2) is 19.5. The lowest BCUT2D eigenvalue weighted by atomic mass is 9.77. The molecule has 0 aromatic heterocycles. The Bertz CT molecular complexity index is 2270. The molecule has 0 aliphatic heterocycles. The van der Waals surface area contributed by atoms with Gasteiger partial charge in [-0.05, 0) is 103 Å². The normalized spacial score (nSPS) is 16.4. The highest BCUT2D eigenvalue weighted by Gasteiger charge is 2.30. The molecule has 7 rings (SSSR count). The van der Waals surface area contributed by atoms with E-state index in [0.29, 0.717) is 22.6 Å². The van der Waals surface area contributed by atoms with Crippen LogP contribution in [0.4, 0.5) is 0 Å². The highest BCUT2D eigenvalue weighted by Crippen LogP contribution is 2.38. The van der Waals surface area contributed by atoms with Crippen molar-refractivity contribution >= 4 is 29.5 Å². The Morgan fingerprint density at radius 1 is 0.576 bits per heavy atom. The Labute approximate surface area is 345 Å². The summed E-state index contributed by atoms with van der Waals surface area (Å²) in [5.41, 5.74) is 3.66. The van der Waals surface area contributed by atoms with Crippen molar-refractivity contribution in [2.45, 2.75) is 89.6 Å². The van der Waals surface area contributed by atoms with Crippen LogP contribution >= 0.6 is 0 Å². The van der Waals surface area contributed by atoms with Gasteiger partial charge in [-0.2, -0.15) is 0 Å². The molecular formula is C51H50O8. The Morgan fingerprint density at radius 3 is 1.85 bits per heavy atom. The molecule has 0 saturated heterocycles. The molecule has 302 valence electrons. The van der Waals surface area contributed by atoms with Crippen molar-refractivity contribution in [3.05, 3.63) is 171 Å². The Balaban J connectivity index is 0.911. The molecule has 0 spiro atoms. The molecule has 1 saturated carbocycles. The van der Waals surface area contributed by atoms with Crippen LogP contribution in [0.15, 0.2) is 121 Å². The van der Waals surface area contributed by atoms with E-state index < -0.39 is 24.0 Å². The number of hydrogen-bond donors (Lipinski definition) is 0. The zero-order valence-electron chi connectivity index (χ0n) is 33.5. The summed E-state index contributed by atoms with van der Waals surface area (Å²) in [4.78, 5) is 65.7. The van der Waals surface area contributed by atoms with Gasteiger partial charge in [0.25, 0.3) is 0 Å². The molecule has 0 N–H and O–H groups in total. The number of carbonyl (C=O) groups excluding carboxylic acids is 5. The number of ether oxygens (including phenoxy) is 3. The van der Waals surface area contributed by atoms with Crippen LogP contribution in [0.1, 0.15) is 164 Å². The average Bonchev–Trinajstić information content (AvgIpc) is 3.28. The second-order valence-electron chi connectivity index (χ2n) is 15.7. The minimum Gasteiger partial charge on any atom is -0.458 e. The van der Waals surface area contributed by atoms with Gasteiger partial charge < -0.3 is 14.2 Å². The molecule has 2 aliphatic carbocycles. The number of esters is 3. The zero-order valence-corrected chi connectivity index (χ0v) is 33.5. The quantitative estimate of drug-likeness (QED) is 0.0541. The topological polar surface area (TPSA) is 113 Å². The third-order valence-electron chi connectivity index (χ3n) is 11.7. The molecule has 1 atom stereocenters. The Hall–Kier alpha value is -6.15. The number of carbonyl (C=O) groups is 5. The first-order valence-corrected chi connectivity index (χ1v) is 21.0. The fraction of sp³-hybridized carbons (Fsp3) is 0.314. The highest BCUT2D eigenvalue weighted by molar-refractivity contribution is 6.28. The van der Waals surface area contributed by atoms with Crippen LogP contribution in [-0.2, 0) is 9.47 Å². The molecular weight excluding hydrogens is 741 g/mol. The van der Waals surface area contributed by atoms with Crippen LogP contribution in [0, 0.1) is 5.92 Å². The number of benzene rings is 5. The SMILES string of the molecule is CCCCCCCCC1CCC(c2ccc(C(=O)OC(COC(=O)c3ccc(OC(=O)c4ccc5c(c4)C(=O)c4ccccc4C5=O)cc3)c3ccccc3)cc2)CC1. The molecule has 0 bridgehead atoms. The van der Waals surface area contributed by atoms with Crippen molar-refractivity contribution in [3.8, 4) is 5.75 Å². The van der Waals surface area contributed by atoms with Crippen molar-refractivity contribution in [2.24, 2.45) is 5.92 Å². The summed E-state index contributed by atoms with van der Waals surface area (Å²) in [6, 6.07) is 33.6. The number of ketones is 2. The van der Waals surface area contributed by atoms with Crippen molar-refractivity contribution < 1.29 is 38.2 Å². The van der Waals surface area contributed by atoms with E-state index in [1.165, 1.54) is 119 Å². The zero-order chi connectivity index (χ0) is 41.1. The van der Waals surface area contributed by atoms with Crippen LogP contribution in [-0.4, -0.2) is 36.1 Å².